The van der Waals surface area contributed by atoms with Gasteiger partial charge in [-0.3, -0.25) is 4.99 Å². The first-order valence-corrected chi connectivity index (χ1v) is 3.93. The summed E-state index contributed by atoms with van der Waals surface area (Å²) in [7, 11) is 1.77. The molecule has 0 radical (unpaired) electrons. The van der Waals surface area contributed by atoms with Gasteiger partial charge in [0.25, 0.3) is 0 Å². The van der Waals surface area contributed by atoms with Crippen molar-refractivity contribution in [2.75, 3.05) is 13.7 Å². The van der Waals surface area contributed by atoms with Crippen LogP contribution in [0.15, 0.2) is 35.3 Å². The Hall–Kier alpha value is -1.31. The minimum absolute atomic E-state index is 0.570. The Kier molecular flexibility index (Phi) is 3.33. The Bertz CT molecular complexity index is 254. The maximum atomic E-state index is 5.43. The van der Waals surface area contributed by atoms with Crippen LogP contribution < -0.4 is 4.74 Å². The normalized spacial score (nSPS) is 11.3. The predicted octanol–water partition coefficient (Wildman–Crippen LogP) is 2.16. The van der Waals surface area contributed by atoms with E-state index in [1.54, 1.807) is 7.05 Å². The van der Waals surface area contributed by atoms with Crippen LogP contribution in [0.3, 0.4) is 0 Å². The second kappa shape index (κ2) is 4.54. The van der Waals surface area contributed by atoms with Gasteiger partial charge in [0.1, 0.15) is 12.4 Å². The summed E-state index contributed by atoms with van der Waals surface area (Å²) >= 11 is 0. The Morgan fingerprint density at radius 3 is 2.58 bits per heavy atom. The summed E-state index contributed by atoms with van der Waals surface area (Å²) < 4.78 is 5.43. The van der Waals surface area contributed by atoms with E-state index in [0.29, 0.717) is 6.61 Å². The van der Waals surface area contributed by atoms with E-state index in [-0.39, 0.29) is 0 Å². The molecule has 0 aliphatic carbocycles. The molecule has 64 valence electrons. The molecule has 0 bridgehead atoms. The van der Waals surface area contributed by atoms with Crippen molar-refractivity contribution in [2.45, 2.75) is 6.92 Å². The van der Waals surface area contributed by atoms with Gasteiger partial charge in [-0.1, -0.05) is 18.2 Å². The van der Waals surface area contributed by atoms with Crippen LogP contribution in [0.5, 0.6) is 5.75 Å². The van der Waals surface area contributed by atoms with Gasteiger partial charge in [-0.05, 0) is 19.1 Å². The lowest BCUT2D eigenvalue weighted by molar-refractivity contribution is 0.376. The van der Waals surface area contributed by atoms with E-state index in [0.717, 1.165) is 11.5 Å². The Labute approximate surface area is 72.9 Å². The quantitative estimate of drug-likeness (QED) is 0.626. The summed E-state index contributed by atoms with van der Waals surface area (Å²) in [6.45, 7) is 2.52. The molecule has 12 heavy (non-hydrogen) atoms. The molecule has 0 unspecified atom stereocenters. The van der Waals surface area contributed by atoms with Gasteiger partial charge >= 0.3 is 0 Å². The molecule has 0 spiro atoms. The van der Waals surface area contributed by atoms with Gasteiger partial charge in [0.2, 0.25) is 0 Å². The van der Waals surface area contributed by atoms with Gasteiger partial charge in [0.05, 0.1) is 0 Å². The standard InChI is InChI=1S/C10H13NO/c1-9(11-2)8-12-10-6-4-3-5-7-10/h3-7H,8H2,1-2H3. The predicted molar refractivity (Wildman–Crippen MR) is 51.0 cm³/mol. The summed E-state index contributed by atoms with van der Waals surface area (Å²) in [6, 6.07) is 9.74. The molecule has 0 N–H and O–H groups in total. The fourth-order valence-electron chi connectivity index (χ4n) is 0.769. The molecular weight excluding hydrogens is 150 g/mol. The van der Waals surface area contributed by atoms with Crippen LogP contribution in [0.2, 0.25) is 0 Å². The molecule has 0 aromatic heterocycles. The fraction of sp³-hybridized carbons (Fsp3) is 0.300. The van der Waals surface area contributed by atoms with Crippen LogP contribution >= 0.6 is 0 Å². The lowest BCUT2D eigenvalue weighted by Gasteiger charge is -2.03. The topological polar surface area (TPSA) is 21.6 Å². The van der Waals surface area contributed by atoms with E-state index in [9.17, 15) is 0 Å². The van der Waals surface area contributed by atoms with Crippen LogP contribution in [0.4, 0.5) is 0 Å². The maximum absolute atomic E-state index is 5.43. The van der Waals surface area contributed by atoms with Crippen molar-refractivity contribution < 1.29 is 4.74 Å². The molecule has 0 saturated carbocycles. The van der Waals surface area contributed by atoms with Crippen molar-refractivity contribution in [3.8, 4) is 5.75 Å². The molecule has 0 heterocycles. The van der Waals surface area contributed by atoms with E-state index in [1.165, 1.54) is 0 Å². The first kappa shape index (κ1) is 8.78. The van der Waals surface area contributed by atoms with E-state index < -0.39 is 0 Å². The van der Waals surface area contributed by atoms with Crippen LogP contribution in [-0.4, -0.2) is 19.4 Å². The number of benzene rings is 1. The highest BCUT2D eigenvalue weighted by Gasteiger charge is 1.91. The summed E-state index contributed by atoms with van der Waals surface area (Å²) in [6.07, 6.45) is 0. The average molecular weight is 163 g/mol. The highest BCUT2D eigenvalue weighted by Crippen LogP contribution is 2.07. The molecule has 2 heteroatoms. The van der Waals surface area contributed by atoms with Gasteiger partial charge in [0, 0.05) is 12.8 Å². The van der Waals surface area contributed by atoms with Gasteiger partial charge in [0.15, 0.2) is 0 Å². The molecule has 0 amide bonds. The number of aliphatic imine (C=N–C) groups is 1. The van der Waals surface area contributed by atoms with Gasteiger partial charge in [-0.15, -0.1) is 0 Å². The minimum Gasteiger partial charge on any atom is -0.488 e. The smallest absolute Gasteiger partial charge is 0.126 e. The second-order valence-corrected chi connectivity index (χ2v) is 2.56. The SMILES string of the molecule is CN=C(C)COc1ccccc1. The third kappa shape index (κ3) is 2.74. The molecule has 0 aliphatic rings. The number of rotatable bonds is 3. The molecular formula is C10H13NO. The number of hydrogen-bond donors (Lipinski definition) is 0. The molecule has 0 aliphatic heterocycles. The van der Waals surface area contributed by atoms with Crippen LogP contribution in [-0.2, 0) is 0 Å². The van der Waals surface area contributed by atoms with Crippen molar-refractivity contribution in [2.24, 2.45) is 4.99 Å². The lowest BCUT2D eigenvalue weighted by atomic mass is 10.3. The molecule has 1 aromatic rings. The van der Waals surface area contributed by atoms with Crippen molar-refractivity contribution >= 4 is 5.71 Å². The van der Waals surface area contributed by atoms with Crippen molar-refractivity contribution in [3.63, 3.8) is 0 Å². The zero-order valence-corrected chi connectivity index (χ0v) is 7.45. The van der Waals surface area contributed by atoms with Crippen LogP contribution in [0.1, 0.15) is 6.92 Å². The summed E-state index contributed by atoms with van der Waals surface area (Å²) in [5.74, 6) is 0.889. The average Bonchev–Trinajstić information content (AvgIpc) is 2.16. The molecule has 2 nitrogen and oxygen atoms in total. The summed E-state index contributed by atoms with van der Waals surface area (Å²) in [4.78, 5) is 4.00. The summed E-state index contributed by atoms with van der Waals surface area (Å²) in [5.41, 5.74) is 0.999. The first-order valence-electron chi connectivity index (χ1n) is 3.93. The number of nitrogens with zero attached hydrogens (tertiary/aromatic N) is 1. The fourth-order valence-corrected chi connectivity index (χ4v) is 0.769. The third-order valence-corrected chi connectivity index (χ3v) is 1.57. The Morgan fingerprint density at radius 2 is 2.00 bits per heavy atom. The van der Waals surface area contributed by atoms with E-state index in [2.05, 4.69) is 4.99 Å². The Balaban J connectivity index is 2.44. The summed E-state index contributed by atoms with van der Waals surface area (Å²) in [5, 5.41) is 0. The zero-order chi connectivity index (χ0) is 8.81. The molecule has 0 saturated heterocycles. The van der Waals surface area contributed by atoms with Crippen molar-refractivity contribution in [3.05, 3.63) is 30.3 Å². The van der Waals surface area contributed by atoms with E-state index >= 15 is 0 Å². The lowest BCUT2D eigenvalue weighted by Crippen LogP contribution is -2.06. The molecule has 0 fully saturated rings. The largest absolute Gasteiger partial charge is 0.488 e. The second-order valence-electron chi connectivity index (χ2n) is 2.56. The first-order chi connectivity index (χ1) is 5.83. The molecule has 1 aromatic carbocycles. The highest BCUT2D eigenvalue weighted by atomic mass is 16.5. The van der Waals surface area contributed by atoms with E-state index in [4.69, 9.17) is 4.74 Å². The molecule has 1 rings (SSSR count). The van der Waals surface area contributed by atoms with Crippen LogP contribution in [0, 0.1) is 0 Å². The van der Waals surface area contributed by atoms with Crippen molar-refractivity contribution in [1.29, 1.82) is 0 Å². The number of para-hydroxylation sites is 1. The highest BCUT2D eigenvalue weighted by molar-refractivity contribution is 5.83. The Morgan fingerprint density at radius 1 is 1.33 bits per heavy atom. The number of hydrogen-bond acceptors (Lipinski definition) is 2. The number of ether oxygens (including phenoxy) is 1. The third-order valence-electron chi connectivity index (χ3n) is 1.57. The minimum atomic E-state index is 0.570. The van der Waals surface area contributed by atoms with Gasteiger partial charge in [-0.2, -0.15) is 0 Å². The van der Waals surface area contributed by atoms with Crippen molar-refractivity contribution in [1.82, 2.24) is 0 Å². The molecule has 0 atom stereocenters. The maximum Gasteiger partial charge on any atom is 0.126 e. The zero-order valence-electron chi connectivity index (χ0n) is 7.45. The van der Waals surface area contributed by atoms with Gasteiger partial charge < -0.3 is 4.74 Å². The van der Waals surface area contributed by atoms with Crippen LogP contribution in [0.25, 0.3) is 0 Å². The van der Waals surface area contributed by atoms with Gasteiger partial charge in [-0.25, -0.2) is 0 Å². The monoisotopic (exact) mass is 163 g/mol. The van der Waals surface area contributed by atoms with E-state index in [1.807, 2.05) is 37.3 Å².